The highest BCUT2D eigenvalue weighted by molar-refractivity contribution is 7.46. The molecule has 1 saturated heterocycles. The van der Waals surface area contributed by atoms with Crippen molar-refractivity contribution in [1.82, 2.24) is 0 Å². The Morgan fingerprint density at radius 1 is 0.943 bits per heavy atom. The van der Waals surface area contributed by atoms with Gasteiger partial charge in [0.05, 0.1) is 12.7 Å². The number of carbonyl (C=O) groups is 2. The van der Waals surface area contributed by atoms with Crippen molar-refractivity contribution in [2.75, 3.05) is 6.61 Å². The summed E-state index contributed by atoms with van der Waals surface area (Å²) in [5.74, 6) is -2.70. The fraction of sp³-hybridized carbons (Fsp3) is 0.913. The van der Waals surface area contributed by atoms with E-state index in [2.05, 4.69) is 0 Å². The summed E-state index contributed by atoms with van der Waals surface area (Å²) >= 11 is 0. The Kier molecular flexibility index (Phi) is 6.40. The van der Waals surface area contributed by atoms with Crippen molar-refractivity contribution >= 4 is 19.8 Å². The predicted octanol–water partition coefficient (Wildman–Crippen LogP) is 3.09. The van der Waals surface area contributed by atoms with E-state index in [1.165, 1.54) is 6.42 Å². The van der Waals surface area contributed by atoms with Gasteiger partial charge >= 0.3 is 19.8 Å². The van der Waals surface area contributed by atoms with Crippen LogP contribution in [0.1, 0.15) is 71.1 Å². The van der Waals surface area contributed by atoms with Gasteiger partial charge in [-0.25, -0.2) is 9.45 Å². The second kappa shape index (κ2) is 8.75. The highest BCUT2D eigenvalue weighted by Gasteiger charge is 2.78. The topological polar surface area (TPSA) is 169 Å². The average Bonchev–Trinajstić information content (AvgIpc) is 2.74. The minimum atomic E-state index is -4.67. The second-order valence-electron chi connectivity index (χ2n) is 11.6. The number of hydrogen-bond acceptors (Lipinski definition) is 7. The highest BCUT2D eigenvalue weighted by atomic mass is 31.2. The third kappa shape index (κ3) is 4.07. The predicted molar refractivity (Wildman–Crippen MR) is 117 cm³/mol. The number of phosphoric ester groups is 1. The molecule has 5 aliphatic carbocycles. The number of ether oxygens (including phenoxy) is 1. The van der Waals surface area contributed by atoms with Gasteiger partial charge in [0.2, 0.25) is 5.79 Å². The van der Waals surface area contributed by atoms with E-state index in [1.54, 1.807) is 0 Å². The molecule has 0 amide bonds. The van der Waals surface area contributed by atoms with Crippen molar-refractivity contribution in [2.45, 2.75) is 88.6 Å². The molecule has 6 rings (SSSR count). The van der Waals surface area contributed by atoms with Crippen molar-refractivity contribution in [3.05, 3.63) is 0 Å². The SMILES string of the molecule is CC(CCOC1(C2CCCC(OP(=O)(O)O)C2)OOC12C1CC3CC(C1)CC2C3)(C(=O)O)C(=O)O. The van der Waals surface area contributed by atoms with E-state index in [9.17, 15) is 34.2 Å². The minimum Gasteiger partial charge on any atom is -0.480 e. The number of hydrogen-bond donors (Lipinski definition) is 4. The fourth-order valence-electron chi connectivity index (χ4n) is 7.94. The lowest BCUT2D eigenvalue weighted by Crippen LogP contribution is -2.81. The van der Waals surface area contributed by atoms with E-state index >= 15 is 0 Å². The van der Waals surface area contributed by atoms with Crippen LogP contribution in [0.4, 0.5) is 0 Å². The quantitative estimate of drug-likeness (QED) is 0.201. The number of carboxylic acids is 2. The molecular formula is C23H35O11P. The van der Waals surface area contributed by atoms with Crippen LogP contribution in [-0.2, 0) is 33.2 Å². The van der Waals surface area contributed by atoms with Gasteiger partial charge in [-0.1, -0.05) is 6.42 Å². The minimum absolute atomic E-state index is 0.160. The van der Waals surface area contributed by atoms with E-state index in [0.717, 1.165) is 32.6 Å². The van der Waals surface area contributed by atoms with Gasteiger partial charge in [0.1, 0.15) is 0 Å². The zero-order valence-corrected chi connectivity index (χ0v) is 20.7. The smallest absolute Gasteiger partial charge is 0.469 e. The zero-order valence-electron chi connectivity index (χ0n) is 19.8. The van der Waals surface area contributed by atoms with Crippen LogP contribution in [0.15, 0.2) is 0 Å². The molecule has 11 nitrogen and oxygen atoms in total. The van der Waals surface area contributed by atoms with E-state index in [1.807, 2.05) is 0 Å². The van der Waals surface area contributed by atoms with E-state index < -0.39 is 42.7 Å². The summed E-state index contributed by atoms with van der Waals surface area (Å²) < 4.78 is 23.0. The lowest BCUT2D eigenvalue weighted by Gasteiger charge is -2.70. The lowest BCUT2D eigenvalue weighted by atomic mass is 9.46. The molecule has 1 spiro atoms. The van der Waals surface area contributed by atoms with Crippen LogP contribution in [0, 0.1) is 35.0 Å². The molecule has 198 valence electrons. The molecule has 5 saturated carbocycles. The fourth-order valence-corrected chi connectivity index (χ4v) is 8.52. The maximum absolute atomic E-state index is 11.7. The Bertz CT molecular complexity index is 873. The number of phosphoric acid groups is 1. The van der Waals surface area contributed by atoms with Crippen LogP contribution in [0.3, 0.4) is 0 Å². The number of rotatable bonds is 9. The summed E-state index contributed by atoms with van der Waals surface area (Å²) in [6.45, 7) is 1.00. The first kappa shape index (κ1) is 25.6. The number of carboxylic acid groups (broad SMARTS) is 2. The Morgan fingerprint density at radius 2 is 1.54 bits per heavy atom. The monoisotopic (exact) mass is 518 g/mol. The summed E-state index contributed by atoms with van der Waals surface area (Å²) in [6.07, 6.45) is 6.43. The number of aliphatic carboxylic acids is 2. The van der Waals surface area contributed by atoms with Crippen LogP contribution >= 0.6 is 7.82 Å². The summed E-state index contributed by atoms with van der Waals surface area (Å²) in [6, 6.07) is 0. The zero-order chi connectivity index (χ0) is 25.2. The van der Waals surface area contributed by atoms with Gasteiger partial charge in [0.15, 0.2) is 11.0 Å². The lowest BCUT2D eigenvalue weighted by molar-refractivity contribution is -0.649. The maximum atomic E-state index is 11.7. The van der Waals surface area contributed by atoms with Gasteiger partial charge in [0.25, 0.3) is 0 Å². The first-order valence-corrected chi connectivity index (χ1v) is 14.1. The van der Waals surface area contributed by atoms with Crippen molar-refractivity contribution in [2.24, 2.45) is 35.0 Å². The van der Waals surface area contributed by atoms with E-state index in [4.69, 9.17) is 19.0 Å². The van der Waals surface area contributed by atoms with Crippen molar-refractivity contribution in [1.29, 1.82) is 0 Å². The molecule has 1 aliphatic heterocycles. The molecule has 6 aliphatic rings. The van der Waals surface area contributed by atoms with Gasteiger partial charge in [0, 0.05) is 5.92 Å². The third-order valence-electron chi connectivity index (χ3n) is 9.51. The van der Waals surface area contributed by atoms with Crippen LogP contribution < -0.4 is 0 Å². The normalized spacial score (nSPS) is 42.7. The standard InChI is InChI=1S/C23H35O11P/c1-21(19(24)25,20(26)27)5-6-31-23(15-3-2-4-18(12-15)32-35(28,29)30)22(33-34-23)16-8-13-7-14(10-16)11-17(22)9-13/h13-18H,2-12H2,1H3,(H,24,25)(H,26,27)(H2,28,29,30). The molecule has 4 bridgehead atoms. The van der Waals surface area contributed by atoms with Crippen molar-refractivity contribution in [3.8, 4) is 0 Å². The van der Waals surface area contributed by atoms with Gasteiger partial charge in [-0.15, -0.1) is 0 Å². The second-order valence-corrected chi connectivity index (χ2v) is 12.7. The Labute approximate surface area is 203 Å². The average molecular weight is 518 g/mol. The van der Waals surface area contributed by atoms with Crippen LogP contribution in [0.25, 0.3) is 0 Å². The largest absolute Gasteiger partial charge is 0.480 e. The van der Waals surface area contributed by atoms with Crippen molar-refractivity contribution < 1.29 is 53.2 Å². The van der Waals surface area contributed by atoms with Gasteiger partial charge in [-0.2, -0.15) is 4.89 Å². The Balaban J connectivity index is 1.43. The summed E-state index contributed by atoms with van der Waals surface area (Å²) in [7, 11) is -4.67. The van der Waals surface area contributed by atoms with E-state index in [-0.39, 0.29) is 30.8 Å². The summed E-state index contributed by atoms with van der Waals surface area (Å²) in [4.78, 5) is 54.0. The molecule has 0 aromatic rings. The maximum Gasteiger partial charge on any atom is 0.469 e. The molecule has 0 radical (unpaired) electrons. The molecule has 4 N–H and O–H groups in total. The van der Waals surface area contributed by atoms with Crippen LogP contribution in [0.2, 0.25) is 0 Å². The summed E-state index contributed by atoms with van der Waals surface area (Å²) in [5.41, 5.74) is -2.74. The Hall–Kier alpha value is -1.07. The summed E-state index contributed by atoms with van der Waals surface area (Å²) in [5, 5.41) is 19.0. The first-order chi connectivity index (χ1) is 16.4. The van der Waals surface area contributed by atoms with Crippen molar-refractivity contribution in [3.63, 3.8) is 0 Å². The molecule has 3 atom stereocenters. The molecule has 1 heterocycles. The molecular weight excluding hydrogens is 483 g/mol. The molecule has 0 aromatic carbocycles. The van der Waals surface area contributed by atoms with Gasteiger partial charge in [-0.3, -0.25) is 14.1 Å². The van der Waals surface area contributed by atoms with E-state index in [0.29, 0.717) is 37.5 Å². The molecule has 3 unspecified atom stereocenters. The van der Waals surface area contributed by atoms with Crippen LogP contribution in [-0.4, -0.2) is 56.0 Å². The van der Waals surface area contributed by atoms with Gasteiger partial charge < -0.3 is 24.7 Å². The molecule has 6 fully saturated rings. The van der Waals surface area contributed by atoms with Crippen LogP contribution in [0.5, 0.6) is 0 Å². The highest BCUT2D eigenvalue weighted by Crippen LogP contribution is 2.69. The molecule has 35 heavy (non-hydrogen) atoms. The van der Waals surface area contributed by atoms with Gasteiger partial charge in [-0.05, 0) is 88.4 Å². The first-order valence-electron chi connectivity index (χ1n) is 12.6. The molecule has 12 heteroatoms. The molecule has 0 aromatic heterocycles. The Morgan fingerprint density at radius 3 is 2.03 bits per heavy atom. The third-order valence-corrected chi connectivity index (χ3v) is 10.1.